The fraction of sp³-hybridized carbons (Fsp3) is 0.286. The first-order valence-electron chi connectivity index (χ1n) is 5.97. The smallest absolute Gasteiger partial charge is 0.161 e. The Labute approximate surface area is 117 Å². The number of phenols is 1. The lowest BCUT2D eigenvalue weighted by atomic mass is 10.1. The van der Waals surface area contributed by atoms with Crippen LogP contribution in [0.5, 0.6) is 11.5 Å². The van der Waals surface area contributed by atoms with Gasteiger partial charge in [0.15, 0.2) is 17.3 Å². The summed E-state index contributed by atoms with van der Waals surface area (Å²) in [5.74, 6) is 0.974. The molecule has 2 aromatic rings. The predicted octanol–water partition coefficient (Wildman–Crippen LogP) is 3.38. The Bertz CT molecular complexity index is 615. The minimum atomic E-state index is 0.0540. The third-order valence-corrected chi connectivity index (χ3v) is 3.33. The molecular formula is C14H15ClN2O2. The van der Waals surface area contributed by atoms with Crippen LogP contribution in [0.15, 0.2) is 18.2 Å². The number of rotatable bonds is 3. The molecular weight excluding hydrogens is 264 g/mol. The Morgan fingerprint density at radius 1 is 1.32 bits per heavy atom. The van der Waals surface area contributed by atoms with Crippen LogP contribution in [0.1, 0.15) is 18.2 Å². The molecule has 0 aliphatic heterocycles. The van der Waals surface area contributed by atoms with E-state index < -0.39 is 0 Å². The van der Waals surface area contributed by atoms with Crippen molar-refractivity contribution in [1.29, 1.82) is 0 Å². The summed E-state index contributed by atoms with van der Waals surface area (Å²) in [6.07, 6.45) is 0.781. The average molecular weight is 279 g/mol. The fourth-order valence-electron chi connectivity index (χ4n) is 1.83. The van der Waals surface area contributed by atoms with Crippen LogP contribution in [0.4, 0.5) is 0 Å². The van der Waals surface area contributed by atoms with Crippen molar-refractivity contribution >= 4 is 11.6 Å². The lowest BCUT2D eigenvalue weighted by Crippen LogP contribution is -1.99. The normalized spacial score (nSPS) is 10.5. The van der Waals surface area contributed by atoms with E-state index in [0.717, 1.165) is 17.7 Å². The number of hydrogen-bond donors (Lipinski definition) is 1. The number of aromatic nitrogens is 2. The summed E-state index contributed by atoms with van der Waals surface area (Å²) >= 11 is 6.11. The number of benzene rings is 1. The number of ether oxygens (including phenoxy) is 1. The molecule has 100 valence electrons. The van der Waals surface area contributed by atoms with Crippen molar-refractivity contribution in [2.75, 3.05) is 7.11 Å². The molecule has 4 nitrogen and oxygen atoms in total. The summed E-state index contributed by atoms with van der Waals surface area (Å²) < 4.78 is 5.01. The van der Waals surface area contributed by atoms with Crippen LogP contribution < -0.4 is 4.74 Å². The number of hydrogen-bond acceptors (Lipinski definition) is 4. The number of nitrogens with zero attached hydrogens (tertiary/aromatic N) is 2. The number of aromatic hydroxyl groups is 1. The van der Waals surface area contributed by atoms with Gasteiger partial charge in [-0.15, -0.1) is 0 Å². The molecule has 5 heteroatoms. The third kappa shape index (κ3) is 2.63. The second kappa shape index (κ2) is 5.45. The van der Waals surface area contributed by atoms with Crippen molar-refractivity contribution in [2.45, 2.75) is 20.3 Å². The first kappa shape index (κ1) is 13.6. The number of phenolic OH excluding ortho intramolecular Hbond substituents is 1. The number of halogens is 1. The van der Waals surface area contributed by atoms with Gasteiger partial charge >= 0.3 is 0 Å². The molecule has 0 aliphatic rings. The lowest BCUT2D eigenvalue weighted by Gasteiger charge is -2.09. The number of methoxy groups -OCH3 is 1. The van der Waals surface area contributed by atoms with Crippen LogP contribution in [0.2, 0.25) is 5.15 Å². The van der Waals surface area contributed by atoms with Crippen molar-refractivity contribution in [3.8, 4) is 22.9 Å². The summed E-state index contributed by atoms with van der Waals surface area (Å²) in [4.78, 5) is 8.72. The molecule has 1 aromatic heterocycles. The Morgan fingerprint density at radius 3 is 2.63 bits per heavy atom. The van der Waals surface area contributed by atoms with Crippen LogP contribution in [0.25, 0.3) is 11.4 Å². The van der Waals surface area contributed by atoms with Gasteiger partial charge in [0.05, 0.1) is 7.11 Å². The molecule has 0 aliphatic carbocycles. The van der Waals surface area contributed by atoms with Crippen molar-refractivity contribution in [1.82, 2.24) is 9.97 Å². The largest absolute Gasteiger partial charge is 0.504 e. The standard InChI is InChI=1S/C14H15ClN2O2/c1-4-10-8(2)13(15)17-14(16-10)9-5-6-12(19-3)11(18)7-9/h5-7,18H,4H2,1-3H3. The Hall–Kier alpha value is -1.81. The van der Waals surface area contributed by atoms with E-state index in [1.165, 1.54) is 7.11 Å². The highest BCUT2D eigenvalue weighted by Gasteiger charge is 2.11. The zero-order chi connectivity index (χ0) is 14.0. The van der Waals surface area contributed by atoms with E-state index in [9.17, 15) is 5.11 Å². The van der Waals surface area contributed by atoms with Crippen molar-refractivity contribution < 1.29 is 9.84 Å². The third-order valence-electron chi connectivity index (χ3n) is 2.96. The molecule has 19 heavy (non-hydrogen) atoms. The van der Waals surface area contributed by atoms with Gasteiger partial charge in [-0.1, -0.05) is 18.5 Å². The van der Waals surface area contributed by atoms with Crippen LogP contribution in [0, 0.1) is 6.92 Å². The summed E-state index contributed by atoms with van der Waals surface area (Å²) in [7, 11) is 1.50. The summed E-state index contributed by atoms with van der Waals surface area (Å²) in [6, 6.07) is 5.03. The van der Waals surface area contributed by atoms with Gasteiger partial charge in [0, 0.05) is 16.8 Å². The predicted molar refractivity (Wildman–Crippen MR) is 74.8 cm³/mol. The maximum absolute atomic E-state index is 9.79. The molecule has 1 aromatic carbocycles. The molecule has 0 unspecified atom stereocenters. The second-order valence-electron chi connectivity index (χ2n) is 4.15. The zero-order valence-corrected chi connectivity index (χ0v) is 11.8. The highest BCUT2D eigenvalue weighted by atomic mass is 35.5. The highest BCUT2D eigenvalue weighted by molar-refractivity contribution is 6.30. The molecule has 0 spiro atoms. The molecule has 1 heterocycles. The molecule has 0 saturated heterocycles. The van der Waals surface area contributed by atoms with Crippen LogP contribution in [-0.2, 0) is 6.42 Å². The fourth-order valence-corrected chi connectivity index (χ4v) is 2.02. The van der Waals surface area contributed by atoms with Crippen molar-refractivity contribution in [2.24, 2.45) is 0 Å². The Balaban J connectivity index is 2.53. The van der Waals surface area contributed by atoms with E-state index in [0.29, 0.717) is 22.3 Å². The van der Waals surface area contributed by atoms with Gasteiger partial charge in [-0.2, -0.15) is 0 Å². The van der Waals surface area contributed by atoms with E-state index in [2.05, 4.69) is 9.97 Å². The van der Waals surface area contributed by atoms with Gasteiger partial charge in [0.1, 0.15) is 5.15 Å². The highest BCUT2D eigenvalue weighted by Crippen LogP contribution is 2.31. The summed E-state index contributed by atoms with van der Waals surface area (Å²) in [5.41, 5.74) is 2.51. The average Bonchev–Trinajstić information content (AvgIpc) is 2.41. The maximum Gasteiger partial charge on any atom is 0.161 e. The molecule has 0 atom stereocenters. The quantitative estimate of drug-likeness (QED) is 0.875. The van der Waals surface area contributed by atoms with Gasteiger partial charge in [0.2, 0.25) is 0 Å². The van der Waals surface area contributed by atoms with Gasteiger partial charge < -0.3 is 9.84 Å². The Kier molecular flexibility index (Phi) is 3.90. The maximum atomic E-state index is 9.79. The van der Waals surface area contributed by atoms with E-state index in [4.69, 9.17) is 16.3 Å². The minimum absolute atomic E-state index is 0.0540. The molecule has 0 radical (unpaired) electrons. The van der Waals surface area contributed by atoms with E-state index in [1.807, 2.05) is 13.8 Å². The zero-order valence-electron chi connectivity index (χ0n) is 11.1. The molecule has 0 amide bonds. The lowest BCUT2D eigenvalue weighted by molar-refractivity contribution is 0.373. The first-order valence-corrected chi connectivity index (χ1v) is 6.35. The van der Waals surface area contributed by atoms with Crippen molar-refractivity contribution in [3.63, 3.8) is 0 Å². The molecule has 0 saturated carbocycles. The van der Waals surface area contributed by atoms with E-state index in [1.54, 1.807) is 18.2 Å². The summed E-state index contributed by atoms with van der Waals surface area (Å²) in [5, 5.41) is 10.2. The molecule has 0 bridgehead atoms. The molecule has 2 rings (SSSR count). The Morgan fingerprint density at radius 2 is 2.05 bits per heavy atom. The SMILES string of the molecule is CCc1nc(-c2ccc(OC)c(O)c2)nc(Cl)c1C. The molecule has 1 N–H and O–H groups in total. The van der Waals surface area contributed by atoms with Crippen LogP contribution in [0.3, 0.4) is 0 Å². The summed E-state index contributed by atoms with van der Waals surface area (Å²) in [6.45, 7) is 3.91. The number of aryl methyl sites for hydroxylation is 1. The van der Waals surface area contributed by atoms with E-state index in [-0.39, 0.29) is 5.75 Å². The minimum Gasteiger partial charge on any atom is -0.504 e. The molecule has 0 fully saturated rings. The van der Waals surface area contributed by atoms with Crippen LogP contribution >= 0.6 is 11.6 Å². The second-order valence-corrected chi connectivity index (χ2v) is 4.51. The topological polar surface area (TPSA) is 55.2 Å². The van der Waals surface area contributed by atoms with Gasteiger partial charge in [-0.25, -0.2) is 9.97 Å². The van der Waals surface area contributed by atoms with Gasteiger partial charge in [-0.05, 0) is 31.5 Å². The van der Waals surface area contributed by atoms with E-state index >= 15 is 0 Å². The monoisotopic (exact) mass is 278 g/mol. The van der Waals surface area contributed by atoms with Crippen LogP contribution in [-0.4, -0.2) is 22.2 Å². The van der Waals surface area contributed by atoms with Crippen molar-refractivity contribution in [3.05, 3.63) is 34.6 Å². The van der Waals surface area contributed by atoms with Gasteiger partial charge in [-0.3, -0.25) is 0 Å². The van der Waals surface area contributed by atoms with Gasteiger partial charge in [0.25, 0.3) is 0 Å². The first-order chi connectivity index (χ1) is 9.06.